The van der Waals surface area contributed by atoms with E-state index in [0.29, 0.717) is 24.0 Å². The van der Waals surface area contributed by atoms with Gasteiger partial charge in [0.2, 0.25) is 0 Å². The van der Waals surface area contributed by atoms with E-state index in [1.807, 2.05) is 49.2 Å². The van der Waals surface area contributed by atoms with E-state index in [-0.39, 0.29) is 5.91 Å². The standard InChI is InChI=1S/C28H33N5O2/c1-5-35-26-16-20(19(2)33-14-8-9-15-33)12-13-22(26)30-27-17-24-25(18-29-27)32(4)28(34)21-10-6-7-11-23(21)31(24)3/h6-7,10-13,16-19H,5,8-9,14-15H2,1-4H3,(H,29,30). The van der Waals surface area contributed by atoms with E-state index in [1.165, 1.54) is 18.4 Å². The Bertz CT molecular complexity index is 1240. The van der Waals surface area contributed by atoms with Crippen molar-refractivity contribution < 1.29 is 9.53 Å². The first-order chi connectivity index (χ1) is 17.0. The fourth-order valence-corrected chi connectivity index (χ4v) is 5.05. The summed E-state index contributed by atoms with van der Waals surface area (Å²) in [5.41, 5.74) is 5.34. The summed E-state index contributed by atoms with van der Waals surface area (Å²) in [6.07, 6.45) is 4.29. The predicted molar refractivity (Wildman–Crippen MR) is 142 cm³/mol. The lowest BCUT2D eigenvalue weighted by Gasteiger charge is -2.25. The number of nitrogens with zero attached hydrogens (tertiary/aromatic N) is 4. The van der Waals surface area contributed by atoms with Crippen LogP contribution >= 0.6 is 0 Å². The lowest BCUT2D eigenvalue weighted by Crippen LogP contribution is -2.25. The van der Waals surface area contributed by atoms with E-state index in [0.717, 1.165) is 41.6 Å². The number of carbonyl (C=O) groups is 1. The van der Waals surface area contributed by atoms with Gasteiger partial charge in [0.05, 0.1) is 41.1 Å². The molecule has 2 aliphatic heterocycles. The maximum Gasteiger partial charge on any atom is 0.260 e. The molecule has 1 N–H and O–H groups in total. The Morgan fingerprint density at radius 3 is 2.54 bits per heavy atom. The van der Waals surface area contributed by atoms with Gasteiger partial charge in [0, 0.05) is 26.2 Å². The molecule has 7 heteroatoms. The number of rotatable bonds is 6. The van der Waals surface area contributed by atoms with Crippen LogP contribution in [0.3, 0.4) is 0 Å². The van der Waals surface area contributed by atoms with Gasteiger partial charge in [0.25, 0.3) is 5.91 Å². The number of aromatic nitrogens is 1. The Balaban J connectivity index is 1.47. The number of para-hydroxylation sites is 1. The Morgan fingerprint density at radius 1 is 1.00 bits per heavy atom. The SMILES string of the molecule is CCOc1cc(C(C)N2CCCC2)ccc1Nc1cc2c(cn1)N(C)C(=O)c1ccccc1N2C. The molecular formula is C28H33N5O2. The molecular weight excluding hydrogens is 438 g/mol. The van der Waals surface area contributed by atoms with Crippen LogP contribution in [0.25, 0.3) is 0 Å². The fourth-order valence-electron chi connectivity index (χ4n) is 5.05. The highest BCUT2D eigenvalue weighted by molar-refractivity contribution is 6.13. The highest BCUT2D eigenvalue weighted by Crippen LogP contribution is 2.41. The first kappa shape index (κ1) is 23.2. The number of nitrogens with one attached hydrogen (secondary N) is 1. The summed E-state index contributed by atoms with van der Waals surface area (Å²) in [7, 11) is 3.77. The van der Waals surface area contributed by atoms with Gasteiger partial charge in [0.15, 0.2) is 0 Å². The van der Waals surface area contributed by atoms with Gasteiger partial charge >= 0.3 is 0 Å². The molecule has 0 aliphatic carbocycles. The monoisotopic (exact) mass is 471 g/mol. The van der Waals surface area contributed by atoms with Crippen LogP contribution in [0.2, 0.25) is 0 Å². The van der Waals surface area contributed by atoms with Crippen molar-refractivity contribution in [2.24, 2.45) is 0 Å². The van der Waals surface area contributed by atoms with Crippen LogP contribution in [-0.2, 0) is 0 Å². The molecule has 0 spiro atoms. The van der Waals surface area contributed by atoms with Crippen LogP contribution in [0.4, 0.5) is 28.6 Å². The molecule has 35 heavy (non-hydrogen) atoms. The van der Waals surface area contributed by atoms with E-state index in [2.05, 4.69) is 40.3 Å². The summed E-state index contributed by atoms with van der Waals surface area (Å²) in [6, 6.07) is 16.4. The third-order valence-electron chi connectivity index (χ3n) is 7.12. The van der Waals surface area contributed by atoms with Crippen LogP contribution in [0.15, 0.2) is 54.7 Å². The van der Waals surface area contributed by atoms with Crippen LogP contribution in [-0.4, -0.2) is 49.6 Å². The Labute approximate surface area is 207 Å². The average molecular weight is 472 g/mol. The number of benzene rings is 2. The zero-order chi connectivity index (χ0) is 24.5. The topological polar surface area (TPSA) is 60.9 Å². The summed E-state index contributed by atoms with van der Waals surface area (Å²) in [5, 5.41) is 3.45. The minimum Gasteiger partial charge on any atom is -0.492 e. The number of fused-ring (bicyclic) bond motifs is 2. The van der Waals surface area contributed by atoms with Gasteiger partial charge in [0.1, 0.15) is 11.6 Å². The van der Waals surface area contributed by atoms with Gasteiger partial charge in [-0.2, -0.15) is 0 Å². The summed E-state index contributed by atoms with van der Waals surface area (Å²) in [5.74, 6) is 1.46. The van der Waals surface area contributed by atoms with Gasteiger partial charge in [-0.3, -0.25) is 9.69 Å². The third-order valence-corrected chi connectivity index (χ3v) is 7.12. The molecule has 2 aliphatic rings. The largest absolute Gasteiger partial charge is 0.492 e. The second kappa shape index (κ2) is 9.58. The molecule has 0 bridgehead atoms. The lowest BCUT2D eigenvalue weighted by molar-refractivity contribution is 0.0994. The van der Waals surface area contributed by atoms with Gasteiger partial charge in [-0.05, 0) is 69.6 Å². The molecule has 1 aromatic heterocycles. The van der Waals surface area contributed by atoms with E-state index in [9.17, 15) is 4.79 Å². The number of likely N-dealkylation sites (tertiary alicyclic amines) is 1. The molecule has 1 unspecified atom stereocenters. The summed E-state index contributed by atoms with van der Waals surface area (Å²) >= 11 is 0. The van der Waals surface area contributed by atoms with Crippen molar-refractivity contribution in [3.63, 3.8) is 0 Å². The molecule has 5 rings (SSSR count). The van der Waals surface area contributed by atoms with Crippen LogP contribution < -0.4 is 19.9 Å². The summed E-state index contributed by atoms with van der Waals surface area (Å²) < 4.78 is 6.02. The molecule has 1 fully saturated rings. The first-order valence-electron chi connectivity index (χ1n) is 12.4. The molecule has 182 valence electrons. The Morgan fingerprint density at radius 2 is 1.77 bits per heavy atom. The molecule has 1 amide bonds. The van der Waals surface area contributed by atoms with Gasteiger partial charge in [-0.15, -0.1) is 0 Å². The van der Waals surface area contributed by atoms with Crippen molar-refractivity contribution in [2.45, 2.75) is 32.7 Å². The maximum atomic E-state index is 13.1. The van der Waals surface area contributed by atoms with Crippen LogP contribution in [0.5, 0.6) is 5.75 Å². The smallest absolute Gasteiger partial charge is 0.260 e. The normalized spacial score (nSPS) is 16.5. The molecule has 1 saturated heterocycles. The van der Waals surface area contributed by atoms with Crippen molar-refractivity contribution >= 4 is 34.5 Å². The summed E-state index contributed by atoms with van der Waals surface area (Å²) in [6.45, 7) is 7.15. The number of ether oxygens (including phenoxy) is 1. The number of hydrogen-bond acceptors (Lipinski definition) is 6. The molecule has 2 aromatic carbocycles. The number of anilines is 5. The molecule has 3 aromatic rings. The van der Waals surface area contributed by atoms with Gasteiger partial charge < -0.3 is 19.9 Å². The third kappa shape index (κ3) is 4.32. The van der Waals surface area contributed by atoms with Crippen LogP contribution in [0.1, 0.15) is 48.7 Å². The van der Waals surface area contributed by atoms with E-state index < -0.39 is 0 Å². The minimum atomic E-state index is -0.0462. The predicted octanol–water partition coefficient (Wildman–Crippen LogP) is 5.74. The summed E-state index contributed by atoms with van der Waals surface area (Å²) in [4.78, 5) is 23.9. The van der Waals surface area contributed by atoms with Crippen LogP contribution in [0, 0.1) is 0 Å². The number of pyridine rings is 1. The lowest BCUT2D eigenvalue weighted by atomic mass is 10.1. The van der Waals surface area contributed by atoms with Crippen molar-refractivity contribution in [1.29, 1.82) is 0 Å². The van der Waals surface area contributed by atoms with E-state index in [1.54, 1.807) is 18.1 Å². The highest BCUT2D eigenvalue weighted by atomic mass is 16.5. The quantitative estimate of drug-likeness (QED) is 0.495. The van der Waals surface area contributed by atoms with E-state index >= 15 is 0 Å². The second-order valence-electron chi connectivity index (χ2n) is 9.23. The number of amides is 1. The maximum absolute atomic E-state index is 13.1. The Hall–Kier alpha value is -3.58. The number of carbonyl (C=O) groups excluding carboxylic acids is 1. The molecule has 7 nitrogen and oxygen atoms in total. The average Bonchev–Trinajstić information content (AvgIpc) is 3.41. The van der Waals surface area contributed by atoms with E-state index in [4.69, 9.17) is 4.74 Å². The molecule has 0 saturated carbocycles. The molecule has 3 heterocycles. The van der Waals surface area contributed by atoms with Crippen molar-refractivity contribution in [2.75, 3.05) is 48.9 Å². The fraction of sp³-hybridized carbons (Fsp3) is 0.357. The van der Waals surface area contributed by atoms with Crippen molar-refractivity contribution in [3.8, 4) is 5.75 Å². The van der Waals surface area contributed by atoms with Gasteiger partial charge in [-0.25, -0.2) is 4.98 Å². The van der Waals surface area contributed by atoms with Crippen molar-refractivity contribution in [3.05, 3.63) is 65.9 Å². The first-order valence-corrected chi connectivity index (χ1v) is 12.4. The zero-order valence-electron chi connectivity index (χ0n) is 20.9. The number of hydrogen-bond donors (Lipinski definition) is 1. The Kier molecular flexibility index (Phi) is 6.34. The highest BCUT2D eigenvalue weighted by Gasteiger charge is 2.28. The molecule has 1 atom stereocenters. The minimum absolute atomic E-state index is 0.0462. The molecule has 0 radical (unpaired) electrons. The van der Waals surface area contributed by atoms with Crippen molar-refractivity contribution in [1.82, 2.24) is 9.88 Å². The zero-order valence-corrected chi connectivity index (χ0v) is 20.9. The second-order valence-corrected chi connectivity index (χ2v) is 9.23. The van der Waals surface area contributed by atoms with Gasteiger partial charge in [-0.1, -0.05) is 18.2 Å².